The fourth-order valence-corrected chi connectivity index (χ4v) is 3.42. The van der Waals surface area contributed by atoms with E-state index in [0.717, 1.165) is 13.1 Å². The Morgan fingerprint density at radius 3 is 2.41 bits per heavy atom. The molecule has 1 N–H and O–H groups in total. The molecule has 1 heterocycles. The number of rotatable bonds is 7. The molecule has 1 saturated heterocycles. The largest absolute Gasteiger partial charge is 0.484 e. The molecule has 0 unspecified atom stereocenters. The maximum atomic E-state index is 12.9. The van der Waals surface area contributed by atoms with Crippen LogP contribution < -0.4 is 10.1 Å². The zero-order valence-electron chi connectivity index (χ0n) is 15.8. The summed E-state index contributed by atoms with van der Waals surface area (Å²) >= 11 is 0. The zero-order valence-corrected chi connectivity index (χ0v) is 15.8. The van der Waals surface area contributed by atoms with E-state index in [9.17, 15) is 9.18 Å². The van der Waals surface area contributed by atoms with Crippen LogP contribution >= 0.6 is 0 Å². The van der Waals surface area contributed by atoms with Gasteiger partial charge >= 0.3 is 0 Å². The van der Waals surface area contributed by atoms with E-state index < -0.39 is 0 Å². The molecule has 27 heavy (non-hydrogen) atoms. The fraction of sp³-hybridized carbons (Fsp3) is 0.409. The molecular formula is C22H27FN2O2. The van der Waals surface area contributed by atoms with Crippen molar-refractivity contribution in [2.75, 3.05) is 26.2 Å². The summed E-state index contributed by atoms with van der Waals surface area (Å²) in [5, 5.41) is 3.00. The molecule has 5 heteroatoms. The highest BCUT2D eigenvalue weighted by molar-refractivity contribution is 5.77. The van der Waals surface area contributed by atoms with Crippen LogP contribution in [0.5, 0.6) is 5.75 Å². The van der Waals surface area contributed by atoms with Crippen LogP contribution in [0.25, 0.3) is 0 Å². The van der Waals surface area contributed by atoms with E-state index in [0.29, 0.717) is 12.3 Å². The molecule has 0 saturated carbocycles. The first-order chi connectivity index (χ1) is 13.1. The molecule has 0 aliphatic carbocycles. The summed E-state index contributed by atoms with van der Waals surface area (Å²) in [6, 6.07) is 14.4. The van der Waals surface area contributed by atoms with Crippen molar-refractivity contribution in [2.45, 2.75) is 32.2 Å². The number of carbonyl (C=O) groups excluding carboxylic acids is 1. The van der Waals surface area contributed by atoms with Crippen molar-refractivity contribution in [3.05, 3.63) is 65.5 Å². The van der Waals surface area contributed by atoms with Gasteiger partial charge in [0.1, 0.15) is 11.6 Å². The molecule has 4 nitrogen and oxygen atoms in total. The number of carbonyl (C=O) groups is 1. The van der Waals surface area contributed by atoms with Crippen LogP contribution in [0.1, 0.15) is 36.4 Å². The molecule has 1 atom stereocenters. The van der Waals surface area contributed by atoms with Gasteiger partial charge in [-0.25, -0.2) is 4.39 Å². The lowest BCUT2D eigenvalue weighted by atomic mass is 10.0. The Kier molecular flexibility index (Phi) is 6.82. The van der Waals surface area contributed by atoms with Crippen molar-refractivity contribution in [3.8, 4) is 5.75 Å². The lowest BCUT2D eigenvalue weighted by Crippen LogP contribution is -2.41. The summed E-state index contributed by atoms with van der Waals surface area (Å²) in [6.45, 7) is 4.66. The Balaban J connectivity index is 1.57. The minimum absolute atomic E-state index is 0.0771. The number of aryl methyl sites for hydroxylation is 1. The van der Waals surface area contributed by atoms with Gasteiger partial charge in [0.15, 0.2) is 6.61 Å². The molecule has 2 aromatic carbocycles. The van der Waals surface area contributed by atoms with E-state index in [4.69, 9.17) is 4.74 Å². The van der Waals surface area contributed by atoms with Crippen LogP contribution in [0.3, 0.4) is 0 Å². The van der Waals surface area contributed by atoms with Gasteiger partial charge in [0.2, 0.25) is 0 Å². The topological polar surface area (TPSA) is 41.6 Å². The van der Waals surface area contributed by atoms with E-state index >= 15 is 0 Å². The van der Waals surface area contributed by atoms with Gasteiger partial charge < -0.3 is 10.1 Å². The fourth-order valence-electron chi connectivity index (χ4n) is 3.42. The third kappa shape index (κ3) is 5.79. The smallest absolute Gasteiger partial charge is 0.258 e. The van der Waals surface area contributed by atoms with E-state index in [1.807, 2.05) is 0 Å². The second-order valence-corrected chi connectivity index (χ2v) is 7.07. The standard InChI is InChI=1S/C22H27FN2O2/c1-17-5-7-18(8-6-17)21(25-13-3-2-4-14-25)15-24-22(26)16-27-20-11-9-19(23)10-12-20/h5-12,21H,2-4,13-16H2,1H3,(H,24,26)/t21-/m0/s1. The van der Waals surface area contributed by atoms with Gasteiger partial charge in [-0.2, -0.15) is 0 Å². The molecule has 2 aromatic rings. The molecule has 0 radical (unpaired) electrons. The molecule has 3 rings (SSSR count). The average molecular weight is 370 g/mol. The quantitative estimate of drug-likeness (QED) is 0.805. The second kappa shape index (κ2) is 9.51. The molecular weight excluding hydrogens is 343 g/mol. The molecule has 0 bridgehead atoms. The number of halogens is 1. The summed E-state index contributed by atoms with van der Waals surface area (Å²) in [5.74, 6) is -0.0135. The predicted octanol–water partition coefficient (Wildman–Crippen LogP) is 3.86. The lowest BCUT2D eigenvalue weighted by molar-refractivity contribution is -0.123. The molecule has 1 fully saturated rings. The lowest BCUT2D eigenvalue weighted by Gasteiger charge is -2.35. The molecule has 0 aromatic heterocycles. The van der Waals surface area contributed by atoms with Crippen molar-refractivity contribution in [2.24, 2.45) is 0 Å². The number of amides is 1. The number of nitrogens with one attached hydrogen (secondary N) is 1. The highest BCUT2D eigenvalue weighted by atomic mass is 19.1. The van der Waals surface area contributed by atoms with Gasteiger partial charge in [-0.05, 0) is 62.7 Å². The van der Waals surface area contributed by atoms with E-state index in [1.54, 1.807) is 0 Å². The Labute approximate surface area is 160 Å². The molecule has 144 valence electrons. The van der Waals surface area contributed by atoms with Crippen LogP contribution in [0.2, 0.25) is 0 Å². The van der Waals surface area contributed by atoms with Gasteiger partial charge in [-0.1, -0.05) is 36.2 Å². The third-order valence-electron chi connectivity index (χ3n) is 4.97. The number of benzene rings is 2. The molecule has 1 aliphatic rings. The number of ether oxygens (including phenoxy) is 1. The van der Waals surface area contributed by atoms with Gasteiger partial charge in [-0.15, -0.1) is 0 Å². The van der Waals surface area contributed by atoms with Crippen LogP contribution in [0.4, 0.5) is 4.39 Å². The predicted molar refractivity (Wildman–Crippen MR) is 104 cm³/mol. The minimum Gasteiger partial charge on any atom is -0.484 e. The van der Waals surface area contributed by atoms with E-state index in [-0.39, 0.29) is 24.4 Å². The third-order valence-corrected chi connectivity index (χ3v) is 4.97. The van der Waals surface area contributed by atoms with Crippen LogP contribution in [0, 0.1) is 12.7 Å². The van der Waals surface area contributed by atoms with Crippen molar-refractivity contribution in [1.82, 2.24) is 10.2 Å². The Morgan fingerprint density at radius 1 is 1.07 bits per heavy atom. The molecule has 0 spiro atoms. The maximum Gasteiger partial charge on any atom is 0.258 e. The second-order valence-electron chi connectivity index (χ2n) is 7.07. The van der Waals surface area contributed by atoms with Crippen LogP contribution in [0.15, 0.2) is 48.5 Å². The van der Waals surface area contributed by atoms with Crippen LogP contribution in [-0.2, 0) is 4.79 Å². The summed E-state index contributed by atoms with van der Waals surface area (Å²) in [6.07, 6.45) is 3.67. The monoisotopic (exact) mass is 370 g/mol. The first-order valence-corrected chi connectivity index (χ1v) is 9.57. The Morgan fingerprint density at radius 2 is 1.74 bits per heavy atom. The van der Waals surface area contributed by atoms with Gasteiger partial charge in [-0.3, -0.25) is 9.69 Å². The zero-order chi connectivity index (χ0) is 19.1. The van der Waals surface area contributed by atoms with Crippen molar-refractivity contribution < 1.29 is 13.9 Å². The number of likely N-dealkylation sites (tertiary alicyclic amines) is 1. The van der Waals surface area contributed by atoms with Crippen molar-refractivity contribution in [3.63, 3.8) is 0 Å². The summed E-state index contributed by atoms with van der Waals surface area (Å²) in [7, 11) is 0. The molecule has 1 aliphatic heterocycles. The summed E-state index contributed by atoms with van der Waals surface area (Å²) in [4.78, 5) is 14.7. The van der Waals surface area contributed by atoms with Crippen molar-refractivity contribution in [1.29, 1.82) is 0 Å². The first kappa shape index (κ1) is 19.4. The van der Waals surface area contributed by atoms with Crippen molar-refractivity contribution >= 4 is 5.91 Å². The number of piperidine rings is 1. The first-order valence-electron chi connectivity index (χ1n) is 9.57. The van der Waals surface area contributed by atoms with Gasteiger partial charge in [0.25, 0.3) is 5.91 Å². The summed E-state index contributed by atoms with van der Waals surface area (Å²) in [5.41, 5.74) is 2.45. The molecule has 1 amide bonds. The SMILES string of the molecule is Cc1ccc([C@H](CNC(=O)COc2ccc(F)cc2)N2CCCCC2)cc1. The average Bonchev–Trinajstić information content (AvgIpc) is 2.70. The van der Waals surface area contributed by atoms with Gasteiger partial charge in [0, 0.05) is 6.54 Å². The Hall–Kier alpha value is -2.40. The summed E-state index contributed by atoms with van der Waals surface area (Å²) < 4.78 is 18.3. The van der Waals surface area contributed by atoms with E-state index in [1.165, 1.54) is 54.7 Å². The number of hydrogen-bond donors (Lipinski definition) is 1. The van der Waals surface area contributed by atoms with Crippen LogP contribution in [-0.4, -0.2) is 37.0 Å². The Bertz CT molecular complexity index is 725. The van der Waals surface area contributed by atoms with Gasteiger partial charge in [0.05, 0.1) is 6.04 Å². The number of hydrogen-bond acceptors (Lipinski definition) is 3. The highest BCUT2D eigenvalue weighted by Gasteiger charge is 2.22. The van der Waals surface area contributed by atoms with E-state index in [2.05, 4.69) is 41.4 Å². The minimum atomic E-state index is -0.325. The highest BCUT2D eigenvalue weighted by Crippen LogP contribution is 2.24. The maximum absolute atomic E-state index is 12.9. The normalized spacial score (nSPS) is 15.9. The number of nitrogens with zero attached hydrogens (tertiary/aromatic N) is 1.